The van der Waals surface area contributed by atoms with Crippen molar-refractivity contribution in [1.82, 2.24) is 4.90 Å². The summed E-state index contributed by atoms with van der Waals surface area (Å²) in [6, 6.07) is 0. The van der Waals surface area contributed by atoms with Crippen LogP contribution in [-0.2, 0) is 14.3 Å². The third kappa shape index (κ3) is 8.72. The molecule has 0 fully saturated rings. The number of unbranched alkanes of at least 4 members (excludes halogenated alkanes) is 1. The molecule has 0 rings (SSSR count). The first-order valence-corrected chi connectivity index (χ1v) is 6.98. The smallest absolute Gasteiger partial charge is 0.222 e. The summed E-state index contributed by atoms with van der Waals surface area (Å²) < 4.78 is 5.29. The molecule has 19 heavy (non-hydrogen) atoms. The van der Waals surface area contributed by atoms with E-state index in [9.17, 15) is 9.59 Å². The zero-order valence-corrected chi connectivity index (χ0v) is 12.4. The van der Waals surface area contributed by atoms with Crippen LogP contribution in [0.5, 0.6) is 0 Å². The van der Waals surface area contributed by atoms with Crippen LogP contribution in [0.1, 0.15) is 39.5 Å². The summed E-state index contributed by atoms with van der Waals surface area (Å²) in [5.74, 6) is 0.236. The van der Waals surface area contributed by atoms with Gasteiger partial charge in [0, 0.05) is 32.5 Å². The number of hydrogen-bond donors (Lipinski definition) is 1. The molecule has 5 nitrogen and oxygen atoms in total. The zero-order valence-electron chi connectivity index (χ0n) is 12.4. The van der Waals surface area contributed by atoms with Gasteiger partial charge in [-0.25, -0.2) is 0 Å². The van der Waals surface area contributed by atoms with Crippen LogP contribution < -0.4 is 0 Å². The molecule has 0 saturated carbocycles. The average molecular weight is 273 g/mol. The maximum Gasteiger partial charge on any atom is 0.222 e. The summed E-state index contributed by atoms with van der Waals surface area (Å²) in [6.07, 6.45) is 2.81. The predicted octanol–water partition coefficient (Wildman–Crippen LogP) is 1.24. The van der Waals surface area contributed by atoms with Crippen molar-refractivity contribution in [3.05, 3.63) is 0 Å². The number of ketones is 1. The number of rotatable bonds is 11. The maximum absolute atomic E-state index is 11.5. The van der Waals surface area contributed by atoms with Crippen molar-refractivity contribution >= 4 is 11.7 Å². The number of ether oxygens (including phenoxy) is 1. The fraction of sp³-hybridized carbons (Fsp3) is 0.857. The Bertz CT molecular complexity index is 268. The van der Waals surface area contributed by atoms with E-state index in [-0.39, 0.29) is 30.8 Å². The van der Waals surface area contributed by atoms with Gasteiger partial charge in [0.2, 0.25) is 5.91 Å². The van der Waals surface area contributed by atoms with Gasteiger partial charge in [-0.2, -0.15) is 0 Å². The number of carbonyl (C=O) groups is 2. The molecular formula is C14H27NO4. The lowest BCUT2D eigenvalue weighted by atomic mass is 10.1. The monoisotopic (exact) mass is 273 g/mol. The number of amides is 1. The Balaban J connectivity index is 3.50. The van der Waals surface area contributed by atoms with E-state index < -0.39 is 0 Å². The van der Waals surface area contributed by atoms with Gasteiger partial charge in [0.15, 0.2) is 5.78 Å². The molecule has 0 aromatic carbocycles. The molecule has 112 valence electrons. The van der Waals surface area contributed by atoms with E-state index in [0.717, 1.165) is 19.3 Å². The molecule has 0 heterocycles. The van der Waals surface area contributed by atoms with Crippen molar-refractivity contribution in [2.24, 2.45) is 5.92 Å². The Hall–Kier alpha value is -0.940. The normalized spacial score (nSPS) is 12.2. The van der Waals surface area contributed by atoms with E-state index in [1.54, 1.807) is 7.05 Å². The van der Waals surface area contributed by atoms with Gasteiger partial charge in [-0.15, -0.1) is 0 Å². The summed E-state index contributed by atoms with van der Waals surface area (Å²) in [5, 5.41) is 8.70. The molecule has 0 saturated heterocycles. The van der Waals surface area contributed by atoms with Gasteiger partial charge < -0.3 is 14.7 Å². The largest absolute Gasteiger partial charge is 0.395 e. The first-order valence-electron chi connectivity index (χ1n) is 6.98. The third-order valence-corrected chi connectivity index (χ3v) is 3.20. The quantitative estimate of drug-likeness (QED) is 0.575. The van der Waals surface area contributed by atoms with Gasteiger partial charge in [0.05, 0.1) is 6.61 Å². The Labute approximate surface area is 115 Å². The molecule has 0 aromatic rings. The number of hydrogen-bond acceptors (Lipinski definition) is 4. The van der Waals surface area contributed by atoms with E-state index in [1.807, 2.05) is 13.8 Å². The topological polar surface area (TPSA) is 66.8 Å². The van der Waals surface area contributed by atoms with Crippen molar-refractivity contribution in [2.75, 3.05) is 33.4 Å². The lowest BCUT2D eigenvalue weighted by molar-refractivity contribution is -0.131. The van der Waals surface area contributed by atoms with E-state index >= 15 is 0 Å². The minimum atomic E-state index is -0.0108. The molecule has 0 spiro atoms. The van der Waals surface area contributed by atoms with E-state index in [2.05, 4.69) is 0 Å². The fourth-order valence-electron chi connectivity index (χ4n) is 1.49. The molecule has 0 aliphatic carbocycles. The summed E-state index contributed by atoms with van der Waals surface area (Å²) in [5.41, 5.74) is 0. The minimum absolute atomic E-state index is 0.0108. The SMILES string of the molecule is CCC(C)C(=O)COCCCCC(=O)N(C)CCO. The molecule has 1 N–H and O–H groups in total. The number of carbonyl (C=O) groups excluding carboxylic acids is 2. The van der Waals surface area contributed by atoms with Crippen LogP contribution >= 0.6 is 0 Å². The van der Waals surface area contributed by atoms with Crippen LogP contribution in [0.2, 0.25) is 0 Å². The van der Waals surface area contributed by atoms with Crippen molar-refractivity contribution in [3.8, 4) is 0 Å². The van der Waals surface area contributed by atoms with Crippen LogP contribution in [0, 0.1) is 5.92 Å². The second-order valence-corrected chi connectivity index (χ2v) is 4.82. The summed E-state index contributed by atoms with van der Waals surface area (Å²) in [4.78, 5) is 24.5. The van der Waals surface area contributed by atoms with Crippen LogP contribution in [-0.4, -0.2) is 55.1 Å². The Morgan fingerprint density at radius 1 is 1.32 bits per heavy atom. The number of aliphatic hydroxyl groups is 1. The molecule has 1 unspecified atom stereocenters. The van der Waals surface area contributed by atoms with Gasteiger partial charge in [0.1, 0.15) is 6.61 Å². The zero-order chi connectivity index (χ0) is 14.7. The van der Waals surface area contributed by atoms with Crippen LogP contribution in [0.4, 0.5) is 0 Å². The summed E-state index contributed by atoms with van der Waals surface area (Å²) in [7, 11) is 1.68. The number of Topliss-reactive ketones (excluding diaryl/α,β-unsaturated/α-hetero) is 1. The Kier molecular flexibility index (Phi) is 10.4. The first-order chi connectivity index (χ1) is 9.02. The molecule has 5 heteroatoms. The molecular weight excluding hydrogens is 246 g/mol. The molecule has 1 amide bonds. The van der Waals surface area contributed by atoms with Crippen LogP contribution in [0.3, 0.4) is 0 Å². The molecule has 0 bridgehead atoms. The van der Waals surface area contributed by atoms with Gasteiger partial charge in [-0.3, -0.25) is 9.59 Å². The molecule has 0 aliphatic heterocycles. The second-order valence-electron chi connectivity index (χ2n) is 4.82. The molecule has 1 atom stereocenters. The van der Waals surface area contributed by atoms with Crippen LogP contribution in [0.25, 0.3) is 0 Å². The highest BCUT2D eigenvalue weighted by atomic mass is 16.5. The van der Waals surface area contributed by atoms with E-state index in [0.29, 0.717) is 19.6 Å². The number of nitrogens with zero attached hydrogens (tertiary/aromatic N) is 1. The molecule has 0 aliphatic rings. The van der Waals surface area contributed by atoms with Gasteiger partial charge in [-0.1, -0.05) is 13.8 Å². The fourth-order valence-corrected chi connectivity index (χ4v) is 1.49. The summed E-state index contributed by atoms with van der Waals surface area (Å²) in [6.45, 7) is 4.94. The van der Waals surface area contributed by atoms with Gasteiger partial charge in [0.25, 0.3) is 0 Å². The minimum Gasteiger partial charge on any atom is -0.395 e. The first kappa shape index (κ1) is 18.1. The number of likely N-dealkylation sites (N-methyl/N-ethyl adjacent to an activating group) is 1. The lowest BCUT2D eigenvalue weighted by Gasteiger charge is -2.15. The second kappa shape index (κ2) is 10.9. The summed E-state index contributed by atoms with van der Waals surface area (Å²) >= 11 is 0. The maximum atomic E-state index is 11.5. The Morgan fingerprint density at radius 3 is 2.58 bits per heavy atom. The average Bonchev–Trinajstić information content (AvgIpc) is 2.41. The van der Waals surface area contributed by atoms with Crippen molar-refractivity contribution in [2.45, 2.75) is 39.5 Å². The van der Waals surface area contributed by atoms with Gasteiger partial charge >= 0.3 is 0 Å². The van der Waals surface area contributed by atoms with Crippen molar-refractivity contribution in [3.63, 3.8) is 0 Å². The molecule has 0 aromatic heterocycles. The predicted molar refractivity (Wildman–Crippen MR) is 73.9 cm³/mol. The van der Waals surface area contributed by atoms with E-state index in [1.165, 1.54) is 4.90 Å². The highest BCUT2D eigenvalue weighted by molar-refractivity contribution is 5.81. The van der Waals surface area contributed by atoms with Crippen molar-refractivity contribution < 1.29 is 19.4 Å². The van der Waals surface area contributed by atoms with Crippen molar-refractivity contribution in [1.29, 1.82) is 0 Å². The van der Waals surface area contributed by atoms with E-state index in [4.69, 9.17) is 9.84 Å². The Morgan fingerprint density at radius 2 is 2.00 bits per heavy atom. The third-order valence-electron chi connectivity index (χ3n) is 3.20. The number of aliphatic hydroxyl groups excluding tert-OH is 1. The molecule has 0 radical (unpaired) electrons. The standard InChI is InChI=1S/C14H27NO4/c1-4-12(2)13(17)11-19-10-6-5-7-14(18)15(3)8-9-16/h12,16H,4-11H2,1-3H3. The van der Waals surface area contributed by atoms with Gasteiger partial charge in [-0.05, 0) is 19.3 Å². The van der Waals surface area contributed by atoms with Crippen LogP contribution in [0.15, 0.2) is 0 Å². The highest BCUT2D eigenvalue weighted by Crippen LogP contribution is 2.03. The lowest BCUT2D eigenvalue weighted by Crippen LogP contribution is -2.29. The highest BCUT2D eigenvalue weighted by Gasteiger charge is 2.10.